The van der Waals surface area contributed by atoms with Gasteiger partial charge in [-0.2, -0.15) is 0 Å². The van der Waals surface area contributed by atoms with E-state index < -0.39 is 5.97 Å². The molecule has 6 nitrogen and oxygen atoms in total. The second-order valence-electron chi connectivity index (χ2n) is 7.69. The molecule has 3 rings (SSSR count). The maximum Gasteiger partial charge on any atom is 0.335 e. The van der Waals surface area contributed by atoms with Crippen molar-refractivity contribution in [3.8, 4) is 16.9 Å². The zero-order chi connectivity index (χ0) is 23.8. The molecule has 1 amide bonds. The van der Waals surface area contributed by atoms with E-state index in [0.717, 1.165) is 29.5 Å². The number of unbranched alkanes of at least 4 members (excludes halogenated alkanes) is 1. The van der Waals surface area contributed by atoms with Gasteiger partial charge in [-0.25, -0.2) is 4.79 Å². The molecule has 0 radical (unpaired) electrons. The van der Waals surface area contributed by atoms with Gasteiger partial charge in [-0.3, -0.25) is 4.79 Å². The molecule has 0 saturated heterocycles. The van der Waals surface area contributed by atoms with Crippen molar-refractivity contribution in [3.05, 3.63) is 82.4 Å². The lowest BCUT2D eigenvalue weighted by Crippen LogP contribution is -2.26. The summed E-state index contributed by atoms with van der Waals surface area (Å²) in [5.41, 5.74) is 9.45. The molecule has 3 aromatic carbocycles. The molecule has 0 aliphatic heterocycles. The van der Waals surface area contributed by atoms with Gasteiger partial charge in [0, 0.05) is 17.3 Å². The number of nitrogens with one attached hydrogen (secondary N) is 1. The maximum atomic E-state index is 12.7. The van der Waals surface area contributed by atoms with Crippen LogP contribution in [0.3, 0.4) is 0 Å². The van der Waals surface area contributed by atoms with Crippen molar-refractivity contribution < 1.29 is 19.4 Å². The summed E-state index contributed by atoms with van der Waals surface area (Å²) < 4.78 is 5.74. The lowest BCUT2D eigenvalue weighted by Gasteiger charge is -2.12. The van der Waals surface area contributed by atoms with Crippen LogP contribution in [-0.4, -0.2) is 30.1 Å². The maximum absolute atomic E-state index is 12.7. The fourth-order valence-corrected chi connectivity index (χ4v) is 3.53. The van der Waals surface area contributed by atoms with Gasteiger partial charge in [0.05, 0.1) is 17.7 Å². The summed E-state index contributed by atoms with van der Waals surface area (Å²) in [6.45, 7) is 3.07. The van der Waals surface area contributed by atoms with Crippen LogP contribution in [0.15, 0.2) is 60.7 Å². The number of carboxylic acids is 1. The highest BCUT2D eigenvalue weighted by Crippen LogP contribution is 2.25. The number of ether oxygens (including phenoxy) is 1. The second-order valence-corrected chi connectivity index (χ2v) is 8.13. The third kappa shape index (κ3) is 6.73. The molecule has 0 aromatic heterocycles. The number of anilines is 1. The van der Waals surface area contributed by atoms with Crippen LogP contribution < -0.4 is 15.8 Å². The molecule has 0 aliphatic carbocycles. The molecular weight excluding hydrogens is 440 g/mol. The van der Waals surface area contributed by atoms with E-state index in [2.05, 4.69) is 12.2 Å². The number of aromatic carboxylic acids is 1. The molecule has 33 heavy (non-hydrogen) atoms. The van der Waals surface area contributed by atoms with E-state index in [-0.39, 0.29) is 11.5 Å². The molecule has 172 valence electrons. The lowest BCUT2D eigenvalue weighted by atomic mass is 10.00. The molecule has 0 aliphatic rings. The largest absolute Gasteiger partial charge is 0.493 e. The number of halogens is 1. The van der Waals surface area contributed by atoms with Crippen LogP contribution in [0.1, 0.15) is 46.0 Å². The van der Waals surface area contributed by atoms with Crippen LogP contribution in [0.2, 0.25) is 5.02 Å². The number of nitrogen functional groups attached to an aromatic ring is 1. The van der Waals surface area contributed by atoms with E-state index in [4.69, 9.17) is 22.1 Å². The van der Waals surface area contributed by atoms with Gasteiger partial charge >= 0.3 is 5.97 Å². The van der Waals surface area contributed by atoms with Gasteiger partial charge in [0.25, 0.3) is 5.91 Å². The van der Waals surface area contributed by atoms with Crippen LogP contribution in [-0.2, 0) is 6.42 Å². The monoisotopic (exact) mass is 466 g/mol. The second kappa shape index (κ2) is 11.4. The Morgan fingerprint density at radius 3 is 2.48 bits per heavy atom. The van der Waals surface area contributed by atoms with Crippen LogP contribution in [0.4, 0.5) is 5.69 Å². The number of carbonyl (C=O) groups is 2. The third-order valence-electron chi connectivity index (χ3n) is 5.13. The van der Waals surface area contributed by atoms with Crippen molar-refractivity contribution in [2.24, 2.45) is 0 Å². The standard InChI is InChI=1S/C26H27ClN2O4/c1-2-3-12-33-24-9-8-21(27)16-23(24)25(30)29-11-10-17-4-6-18(7-5-17)19-13-20(26(31)32)15-22(28)14-19/h4-9,13-16H,2-3,10-12,28H2,1H3,(H,29,30)(H,31,32). The van der Waals surface area contributed by atoms with Crippen molar-refractivity contribution in [3.63, 3.8) is 0 Å². The van der Waals surface area contributed by atoms with Gasteiger partial charge in [-0.05, 0) is 65.9 Å². The minimum atomic E-state index is -1.02. The molecule has 4 N–H and O–H groups in total. The Balaban J connectivity index is 1.61. The van der Waals surface area contributed by atoms with E-state index in [1.165, 1.54) is 6.07 Å². The first-order chi connectivity index (χ1) is 15.9. The van der Waals surface area contributed by atoms with Crippen molar-refractivity contribution in [1.82, 2.24) is 5.32 Å². The number of amides is 1. The Kier molecular flexibility index (Phi) is 8.33. The minimum Gasteiger partial charge on any atom is -0.493 e. The average molecular weight is 467 g/mol. The number of hydrogen-bond donors (Lipinski definition) is 3. The summed E-state index contributed by atoms with van der Waals surface area (Å²) in [5, 5.41) is 12.6. The van der Waals surface area contributed by atoms with Crippen LogP contribution in [0, 0.1) is 0 Å². The van der Waals surface area contributed by atoms with E-state index in [0.29, 0.717) is 41.6 Å². The summed E-state index contributed by atoms with van der Waals surface area (Å²) in [6, 6.07) is 17.5. The topological polar surface area (TPSA) is 102 Å². The van der Waals surface area contributed by atoms with Gasteiger partial charge < -0.3 is 20.9 Å². The number of benzene rings is 3. The highest BCUT2D eigenvalue weighted by Gasteiger charge is 2.13. The van der Waals surface area contributed by atoms with Crippen molar-refractivity contribution in [1.29, 1.82) is 0 Å². The Morgan fingerprint density at radius 1 is 1.03 bits per heavy atom. The van der Waals surface area contributed by atoms with Gasteiger partial charge in [0.1, 0.15) is 5.75 Å². The Hall–Kier alpha value is -3.51. The number of nitrogens with two attached hydrogens (primary N) is 1. The minimum absolute atomic E-state index is 0.149. The van der Waals surface area contributed by atoms with Crippen LogP contribution >= 0.6 is 11.6 Å². The van der Waals surface area contributed by atoms with Crippen LogP contribution in [0.5, 0.6) is 5.75 Å². The van der Waals surface area contributed by atoms with E-state index in [1.807, 2.05) is 24.3 Å². The Morgan fingerprint density at radius 2 is 1.79 bits per heavy atom. The Labute approximate surface area is 198 Å². The van der Waals surface area contributed by atoms with Crippen molar-refractivity contribution in [2.75, 3.05) is 18.9 Å². The average Bonchev–Trinajstić information content (AvgIpc) is 2.80. The van der Waals surface area contributed by atoms with Gasteiger partial charge in [0.15, 0.2) is 0 Å². The molecule has 0 heterocycles. The molecule has 0 bridgehead atoms. The number of carbonyl (C=O) groups excluding carboxylic acids is 1. The number of carboxylic acid groups (broad SMARTS) is 1. The predicted octanol–water partition coefficient (Wildman–Crippen LogP) is 5.44. The molecular formula is C26H27ClN2O4. The summed E-state index contributed by atoms with van der Waals surface area (Å²) >= 11 is 6.08. The molecule has 3 aromatic rings. The molecule has 0 unspecified atom stereocenters. The van der Waals surface area contributed by atoms with Crippen molar-refractivity contribution in [2.45, 2.75) is 26.2 Å². The van der Waals surface area contributed by atoms with E-state index >= 15 is 0 Å². The molecule has 0 atom stereocenters. The summed E-state index contributed by atoms with van der Waals surface area (Å²) in [7, 11) is 0. The van der Waals surface area contributed by atoms with E-state index in [1.54, 1.807) is 30.3 Å². The van der Waals surface area contributed by atoms with Crippen molar-refractivity contribution >= 4 is 29.2 Å². The van der Waals surface area contributed by atoms with Gasteiger partial charge in [-0.15, -0.1) is 0 Å². The predicted molar refractivity (Wildman–Crippen MR) is 131 cm³/mol. The van der Waals surface area contributed by atoms with Gasteiger partial charge in [-0.1, -0.05) is 49.2 Å². The summed E-state index contributed by atoms with van der Waals surface area (Å²) in [6.07, 6.45) is 2.55. The molecule has 7 heteroatoms. The SMILES string of the molecule is CCCCOc1ccc(Cl)cc1C(=O)NCCc1ccc(-c2cc(N)cc(C(=O)O)c2)cc1. The highest BCUT2D eigenvalue weighted by molar-refractivity contribution is 6.31. The summed E-state index contributed by atoms with van der Waals surface area (Å²) in [5.74, 6) is -0.728. The Bertz CT molecular complexity index is 1130. The molecule has 0 saturated carbocycles. The number of hydrogen-bond acceptors (Lipinski definition) is 4. The molecule has 0 spiro atoms. The first-order valence-electron chi connectivity index (χ1n) is 10.8. The third-order valence-corrected chi connectivity index (χ3v) is 5.37. The first-order valence-corrected chi connectivity index (χ1v) is 11.2. The van der Waals surface area contributed by atoms with Gasteiger partial charge in [0.2, 0.25) is 0 Å². The normalized spacial score (nSPS) is 10.6. The van der Waals surface area contributed by atoms with Crippen LogP contribution in [0.25, 0.3) is 11.1 Å². The fraction of sp³-hybridized carbons (Fsp3) is 0.231. The van der Waals surface area contributed by atoms with E-state index in [9.17, 15) is 14.7 Å². The zero-order valence-electron chi connectivity index (χ0n) is 18.4. The molecule has 0 fully saturated rings. The zero-order valence-corrected chi connectivity index (χ0v) is 19.2. The quantitative estimate of drug-likeness (QED) is 0.273. The highest BCUT2D eigenvalue weighted by atomic mass is 35.5. The smallest absolute Gasteiger partial charge is 0.335 e. The first kappa shape index (κ1) is 24.1. The lowest BCUT2D eigenvalue weighted by molar-refractivity contribution is 0.0696. The summed E-state index contributed by atoms with van der Waals surface area (Å²) in [4.78, 5) is 24.0. The number of rotatable bonds is 10. The fourth-order valence-electron chi connectivity index (χ4n) is 3.35.